The van der Waals surface area contributed by atoms with E-state index in [4.69, 9.17) is 0 Å². The number of rotatable bonds is 2. The Morgan fingerprint density at radius 1 is 0.944 bits per heavy atom. The monoisotopic (exact) mass is 250 g/mol. The van der Waals surface area contributed by atoms with Crippen LogP contribution in [-0.2, 0) is 0 Å². The summed E-state index contributed by atoms with van der Waals surface area (Å²) >= 11 is 0. The normalized spacial score (nSPS) is 37.2. The average molecular weight is 250 g/mol. The van der Waals surface area contributed by atoms with Gasteiger partial charge in [-0.25, -0.2) is 0 Å². The Kier molecular flexibility index (Phi) is 3.95. The number of piperidine rings is 1. The molecule has 2 nitrogen and oxygen atoms in total. The second-order valence-electron chi connectivity index (χ2n) is 7.05. The van der Waals surface area contributed by atoms with Gasteiger partial charge in [-0.1, -0.05) is 19.3 Å². The number of likely N-dealkylation sites (tertiary alicyclic amines) is 1. The first-order valence-electron chi connectivity index (χ1n) is 8.23. The Labute approximate surface area is 113 Å². The fraction of sp³-hybridized carbons (Fsp3) is 1.00. The Bertz CT molecular complexity index is 260. The molecule has 2 heteroatoms. The van der Waals surface area contributed by atoms with Crippen molar-refractivity contribution in [2.75, 3.05) is 20.1 Å². The molecule has 0 amide bonds. The third-order valence-corrected chi connectivity index (χ3v) is 6.10. The summed E-state index contributed by atoms with van der Waals surface area (Å²) in [7, 11) is 2.13. The van der Waals surface area contributed by atoms with E-state index in [9.17, 15) is 0 Å². The van der Waals surface area contributed by atoms with E-state index in [0.29, 0.717) is 0 Å². The third-order valence-electron chi connectivity index (χ3n) is 6.10. The molecule has 1 heterocycles. The van der Waals surface area contributed by atoms with Gasteiger partial charge in [-0.05, 0) is 70.5 Å². The summed E-state index contributed by atoms with van der Waals surface area (Å²) in [5.74, 6) is 0. The summed E-state index contributed by atoms with van der Waals surface area (Å²) in [6.07, 6.45) is 14.8. The van der Waals surface area contributed by atoms with Crippen molar-refractivity contribution >= 4 is 0 Å². The first-order valence-corrected chi connectivity index (χ1v) is 8.23. The highest BCUT2D eigenvalue weighted by Crippen LogP contribution is 2.45. The van der Waals surface area contributed by atoms with Crippen LogP contribution < -0.4 is 5.32 Å². The van der Waals surface area contributed by atoms with E-state index in [1.54, 1.807) is 0 Å². The van der Waals surface area contributed by atoms with Gasteiger partial charge in [0, 0.05) is 12.1 Å². The molecule has 2 unspecified atom stereocenters. The van der Waals surface area contributed by atoms with Crippen molar-refractivity contribution in [3.63, 3.8) is 0 Å². The van der Waals surface area contributed by atoms with Crippen LogP contribution in [0, 0.1) is 5.41 Å². The second kappa shape index (κ2) is 5.50. The lowest BCUT2D eigenvalue weighted by molar-refractivity contribution is 0.0459. The molecule has 0 bridgehead atoms. The van der Waals surface area contributed by atoms with Crippen LogP contribution in [0.2, 0.25) is 0 Å². The zero-order chi connectivity index (χ0) is 12.4. The van der Waals surface area contributed by atoms with Crippen molar-refractivity contribution in [1.82, 2.24) is 10.2 Å². The minimum absolute atomic E-state index is 0.774. The van der Waals surface area contributed by atoms with Crippen LogP contribution in [0.15, 0.2) is 0 Å². The van der Waals surface area contributed by atoms with Crippen molar-refractivity contribution in [2.24, 2.45) is 5.41 Å². The van der Waals surface area contributed by atoms with Crippen molar-refractivity contribution in [2.45, 2.75) is 76.3 Å². The summed E-state index contributed by atoms with van der Waals surface area (Å²) in [5.41, 5.74) is 0.774. The predicted molar refractivity (Wildman–Crippen MR) is 76.8 cm³/mol. The maximum absolute atomic E-state index is 3.46. The Hall–Kier alpha value is -0.0800. The van der Waals surface area contributed by atoms with Crippen LogP contribution in [-0.4, -0.2) is 37.1 Å². The Balaban J connectivity index is 1.51. The molecule has 0 aromatic carbocycles. The number of hydrogen-bond acceptors (Lipinski definition) is 2. The van der Waals surface area contributed by atoms with Gasteiger partial charge in [0.1, 0.15) is 0 Å². The van der Waals surface area contributed by atoms with Gasteiger partial charge in [-0.3, -0.25) is 0 Å². The van der Waals surface area contributed by atoms with Crippen molar-refractivity contribution < 1.29 is 0 Å². The van der Waals surface area contributed by atoms with E-state index >= 15 is 0 Å². The lowest BCUT2D eigenvalue weighted by atomic mass is 9.68. The summed E-state index contributed by atoms with van der Waals surface area (Å²) in [6, 6.07) is 1.68. The molecule has 0 aromatic rings. The summed E-state index contributed by atoms with van der Waals surface area (Å²) in [6.45, 7) is 2.78. The molecule has 1 N–H and O–H groups in total. The number of nitrogens with zero attached hydrogens (tertiary/aromatic N) is 1. The van der Waals surface area contributed by atoms with E-state index in [-0.39, 0.29) is 0 Å². The second-order valence-corrected chi connectivity index (χ2v) is 7.05. The molecule has 1 aliphatic heterocycles. The zero-order valence-corrected chi connectivity index (χ0v) is 12.1. The maximum Gasteiger partial charge on any atom is 0.0111 e. The van der Waals surface area contributed by atoms with Crippen LogP contribution >= 0.6 is 0 Å². The van der Waals surface area contributed by atoms with Crippen LogP contribution in [0.1, 0.15) is 64.2 Å². The van der Waals surface area contributed by atoms with E-state index in [2.05, 4.69) is 17.3 Å². The number of hydrogen-bond donors (Lipinski definition) is 1. The molecule has 1 saturated heterocycles. The van der Waals surface area contributed by atoms with Crippen molar-refractivity contribution in [3.8, 4) is 0 Å². The lowest BCUT2D eigenvalue weighted by Crippen LogP contribution is -2.45. The van der Waals surface area contributed by atoms with Gasteiger partial charge < -0.3 is 10.2 Å². The van der Waals surface area contributed by atoms with Crippen molar-refractivity contribution in [1.29, 1.82) is 0 Å². The largest absolute Gasteiger partial charge is 0.317 e. The average Bonchev–Trinajstić information content (AvgIpc) is 2.89. The van der Waals surface area contributed by atoms with Gasteiger partial charge in [0.25, 0.3) is 0 Å². The molecule has 3 rings (SSSR count). The van der Waals surface area contributed by atoms with E-state index < -0.39 is 0 Å². The highest BCUT2D eigenvalue weighted by Gasteiger charge is 2.38. The summed E-state index contributed by atoms with van der Waals surface area (Å²) in [4.78, 5) is 2.82. The standard InChI is InChI=1S/C16H30N2/c1-17-14-5-6-15(13-14)18-11-9-16(10-12-18)7-3-2-4-8-16/h14-15,17H,2-13H2,1H3. The Morgan fingerprint density at radius 3 is 2.28 bits per heavy atom. The minimum Gasteiger partial charge on any atom is -0.317 e. The smallest absolute Gasteiger partial charge is 0.0111 e. The predicted octanol–water partition coefficient (Wildman–Crippen LogP) is 3.17. The first-order chi connectivity index (χ1) is 8.81. The molecule has 2 atom stereocenters. The molecule has 2 saturated carbocycles. The van der Waals surface area contributed by atoms with Gasteiger partial charge in [-0.15, -0.1) is 0 Å². The quantitative estimate of drug-likeness (QED) is 0.810. The van der Waals surface area contributed by atoms with Gasteiger partial charge in [-0.2, -0.15) is 0 Å². The molecule has 3 aliphatic rings. The zero-order valence-electron chi connectivity index (χ0n) is 12.1. The Morgan fingerprint density at radius 2 is 1.67 bits per heavy atom. The fourth-order valence-electron chi connectivity index (χ4n) is 4.72. The summed E-state index contributed by atoms with van der Waals surface area (Å²) < 4.78 is 0. The van der Waals surface area contributed by atoms with E-state index in [1.807, 2.05) is 0 Å². The van der Waals surface area contributed by atoms with E-state index in [0.717, 1.165) is 17.5 Å². The van der Waals surface area contributed by atoms with Crippen LogP contribution in [0.4, 0.5) is 0 Å². The lowest BCUT2D eigenvalue weighted by Gasteiger charge is -2.46. The molecule has 18 heavy (non-hydrogen) atoms. The van der Waals surface area contributed by atoms with Gasteiger partial charge in [0.15, 0.2) is 0 Å². The fourth-order valence-corrected chi connectivity index (χ4v) is 4.72. The molecular weight excluding hydrogens is 220 g/mol. The first kappa shape index (κ1) is 12.9. The van der Waals surface area contributed by atoms with Crippen LogP contribution in [0.3, 0.4) is 0 Å². The molecule has 3 fully saturated rings. The van der Waals surface area contributed by atoms with Crippen LogP contribution in [0.5, 0.6) is 0 Å². The SMILES string of the molecule is CNC1CCC(N2CCC3(CCCCC3)CC2)C1. The molecule has 2 aliphatic carbocycles. The topological polar surface area (TPSA) is 15.3 Å². The number of nitrogens with one attached hydrogen (secondary N) is 1. The summed E-state index contributed by atoms with van der Waals surface area (Å²) in [5, 5.41) is 3.46. The van der Waals surface area contributed by atoms with Gasteiger partial charge >= 0.3 is 0 Å². The minimum atomic E-state index is 0.774. The molecule has 0 radical (unpaired) electrons. The van der Waals surface area contributed by atoms with E-state index in [1.165, 1.54) is 77.3 Å². The van der Waals surface area contributed by atoms with Gasteiger partial charge in [0.2, 0.25) is 0 Å². The highest BCUT2D eigenvalue weighted by molar-refractivity contribution is 4.93. The molecule has 1 spiro atoms. The van der Waals surface area contributed by atoms with Crippen molar-refractivity contribution in [3.05, 3.63) is 0 Å². The van der Waals surface area contributed by atoms with Gasteiger partial charge in [0.05, 0.1) is 0 Å². The maximum atomic E-state index is 3.46. The molecule has 0 aromatic heterocycles. The highest BCUT2D eigenvalue weighted by atomic mass is 15.2. The third kappa shape index (κ3) is 2.60. The molecular formula is C16H30N2. The van der Waals surface area contributed by atoms with Crippen LogP contribution in [0.25, 0.3) is 0 Å². The molecule has 104 valence electrons.